The Balaban J connectivity index is 2.09. The molecule has 0 aromatic heterocycles. The third-order valence-corrected chi connectivity index (χ3v) is 3.93. The number of halogens is 2. The maximum atomic E-state index is 12.3. The summed E-state index contributed by atoms with van der Waals surface area (Å²) >= 11 is 11.9. The molecule has 0 unspecified atom stereocenters. The minimum absolute atomic E-state index is 0.105. The van der Waals surface area contributed by atoms with Crippen LogP contribution < -0.4 is 10.1 Å². The number of amides is 1. The van der Waals surface area contributed by atoms with Crippen molar-refractivity contribution in [3.63, 3.8) is 0 Å². The fraction of sp³-hybridized carbons (Fsp3) is 0.150. The molecule has 0 radical (unpaired) electrons. The van der Waals surface area contributed by atoms with Gasteiger partial charge in [-0.1, -0.05) is 29.3 Å². The van der Waals surface area contributed by atoms with Crippen molar-refractivity contribution in [2.75, 3.05) is 18.5 Å². The predicted molar refractivity (Wildman–Crippen MR) is 107 cm³/mol. The average Bonchev–Trinajstić information content (AvgIpc) is 2.67. The smallest absolute Gasteiger partial charge is 0.344 e. The van der Waals surface area contributed by atoms with Gasteiger partial charge in [0.2, 0.25) is 0 Å². The van der Waals surface area contributed by atoms with Crippen LogP contribution in [0.25, 0.3) is 6.08 Å². The number of carbonyl (C=O) groups excluding carboxylic acids is 2. The van der Waals surface area contributed by atoms with Gasteiger partial charge in [-0.05, 0) is 55.0 Å². The molecule has 1 N–H and O–H groups in total. The maximum Gasteiger partial charge on any atom is 0.344 e. The Kier molecular flexibility index (Phi) is 7.88. The van der Waals surface area contributed by atoms with Crippen molar-refractivity contribution in [1.29, 1.82) is 5.26 Å². The number of hydrogen-bond acceptors (Lipinski definition) is 5. The molecule has 6 nitrogen and oxygen atoms in total. The Labute approximate surface area is 172 Å². The Morgan fingerprint density at radius 1 is 1.18 bits per heavy atom. The highest BCUT2D eigenvalue weighted by molar-refractivity contribution is 6.32. The van der Waals surface area contributed by atoms with Gasteiger partial charge in [-0.2, -0.15) is 5.26 Å². The first-order valence-corrected chi connectivity index (χ1v) is 8.95. The molecule has 0 aliphatic heterocycles. The van der Waals surface area contributed by atoms with Crippen LogP contribution in [-0.4, -0.2) is 25.1 Å². The summed E-state index contributed by atoms with van der Waals surface area (Å²) in [7, 11) is 0. The molecule has 28 heavy (non-hydrogen) atoms. The van der Waals surface area contributed by atoms with E-state index in [2.05, 4.69) is 5.32 Å². The first-order chi connectivity index (χ1) is 13.4. The highest BCUT2D eigenvalue weighted by Gasteiger charge is 2.11. The quantitative estimate of drug-likeness (QED) is 0.406. The van der Waals surface area contributed by atoms with Crippen molar-refractivity contribution in [3.05, 3.63) is 63.6 Å². The first kappa shape index (κ1) is 21.3. The summed E-state index contributed by atoms with van der Waals surface area (Å²) in [5.74, 6) is -0.784. The van der Waals surface area contributed by atoms with Gasteiger partial charge in [-0.3, -0.25) is 4.79 Å². The number of rotatable bonds is 7. The van der Waals surface area contributed by atoms with Crippen LogP contribution in [0, 0.1) is 11.3 Å². The summed E-state index contributed by atoms with van der Waals surface area (Å²) in [6, 6.07) is 13.0. The van der Waals surface area contributed by atoms with Gasteiger partial charge in [-0.25, -0.2) is 4.79 Å². The standard InChI is InChI=1S/C20H16Cl2N2O4/c1-2-27-19(25)12-28-18-8-3-13(10-17(18)22)9-14(11-23)20(26)24-16-6-4-15(21)5-7-16/h3-10H,2,12H2,1H3,(H,24,26)/b14-9+. The summed E-state index contributed by atoms with van der Waals surface area (Å²) < 4.78 is 10.1. The minimum atomic E-state index is -0.566. The average molecular weight is 419 g/mol. The summed E-state index contributed by atoms with van der Waals surface area (Å²) in [6.45, 7) is 1.69. The van der Waals surface area contributed by atoms with Crippen molar-refractivity contribution in [2.24, 2.45) is 0 Å². The Hall–Kier alpha value is -3.01. The van der Waals surface area contributed by atoms with Crippen LogP contribution in [0.5, 0.6) is 5.75 Å². The molecule has 1 amide bonds. The molecule has 2 aromatic rings. The third-order valence-electron chi connectivity index (χ3n) is 3.38. The van der Waals surface area contributed by atoms with Crippen LogP contribution in [0.2, 0.25) is 10.0 Å². The van der Waals surface area contributed by atoms with Crippen molar-refractivity contribution in [1.82, 2.24) is 0 Å². The van der Waals surface area contributed by atoms with Crippen LogP contribution in [0.15, 0.2) is 48.0 Å². The van der Waals surface area contributed by atoms with Crippen LogP contribution in [0.1, 0.15) is 12.5 Å². The fourth-order valence-corrected chi connectivity index (χ4v) is 2.48. The van der Waals surface area contributed by atoms with Crippen molar-refractivity contribution in [2.45, 2.75) is 6.92 Å². The molecule has 0 aliphatic rings. The SMILES string of the molecule is CCOC(=O)COc1ccc(/C=C(\C#N)C(=O)Nc2ccc(Cl)cc2)cc1Cl. The first-order valence-electron chi connectivity index (χ1n) is 8.19. The Bertz CT molecular complexity index is 934. The normalized spacial score (nSPS) is 10.7. The topological polar surface area (TPSA) is 88.4 Å². The number of nitrogens with zero attached hydrogens (tertiary/aromatic N) is 1. The second kappa shape index (κ2) is 10.4. The van der Waals surface area contributed by atoms with Crippen molar-refractivity contribution >= 4 is 46.8 Å². The van der Waals surface area contributed by atoms with E-state index in [4.69, 9.17) is 32.7 Å². The number of nitrogens with one attached hydrogen (secondary N) is 1. The molecule has 0 atom stereocenters. The van der Waals surface area contributed by atoms with Gasteiger partial charge >= 0.3 is 5.97 Å². The molecule has 8 heteroatoms. The summed E-state index contributed by atoms with van der Waals surface area (Å²) in [6.07, 6.45) is 1.40. The summed E-state index contributed by atoms with van der Waals surface area (Å²) in [5.41, 5.74) is 0.929. The van der Waals surface area contributed by atoms with Crippen LogP contribution in [0.3, 0.4) is 0 Å². The number of esters is 1. The number of carbonyl (C=O) groups is 2. The molecule has 2 aromatic carbocycles. The zero-order valence-corrected chi connectivity index (χ0v) is 16.4. The van der Waals surface area contributed by atoms with E-state index in [-0.39, 0.29) is 29.6 Å². The van der Waals surface area contributed by atoms with Crippen molar-refractivity contribution in [3.8, 4) is 11.8 Å². The van der Waals surface area contributed by atoms with Gasteiger partial charge in [0.05, 0.1) is 11.6 Å². The molecule has 0 heterocycles. The molecule has 0 aliphatic carbocycles. The zero-order chi connectivity index (χ0) is 20.5. The van der Waals surface area contributed by atoms with Gasteiger partial charge in [0, 0.05) is 10.7 Å². The Morgan fingerprint density at radius 2 is 1.89 bits per heavy atom. The zero-order valence-electron chi connectivity index (χ0n) is 14.9. The van der Waals surface area contributed by atoms with Crippen LogP contribution >= 0.6 is 23.2 Å². The van der Waals surface area contributed by atoms with Gasteiger partial charge in [-0.15, -0.1) is 0 Å². The van der Waals surface area contributed by atoms with Crippen LogP contribution in [0.4, 0.5) is 5.69 Å². The largest absolute Gasteiger partial charge is 0.480 e. The van der Waals surface area contributed by atoms with Gasteiger partial charge < -0.3 is 14.8 Å². The van der Waals surface area contributed by atoms with Gasteiger partial charge in [0.25, 0.3) is 5.91 Å². The lowest BCUT2D eigenvalue weighted by Gasteiger charge is -2.08. The van der Waals surface area contributed by atoms with Crippen molar-refractivity contribution < 1.29 is 19.1 Å². The molecule has 0 saturated heterocycles. The fourth-order valence-electron chi connectivity index (χ4n) is 2.11. The number of nitriles is 1. The molecule has 0 saturated carbocycles. The predicted octanol–water partition coefficient (Wildman–Crippen LogP) is 4.48. The lowest BCUT2D eigenvalue weighted by Crippen LogP contribution is -2.14. The monoisotopic (exact) mass is 418 g/mol. The number of anilines is 1. The highest BCUT2D eigenvalue weighted by atomic mass is 35.5. The second-order valence-electron chi connectivity index (χ2n) is 5.41. The summed E-state index contributed by atoms with van der Waals surface area (Å²) in [5, 5.41) is 12.7. The highest BCUT2D eigenvalue weighted by Crippen LogP contribution is 2.26. The second-order valence-corrected chi connectivity index (χ2v) is 6.26. The third kappa shape index (κ3) is 6.31. The lowest BCUT2D eigenvalue weighted by molar-refractivity contribution is -0.145. The Morgan fingerprint density at radius 3 is 2.50 bits per heavy atom. The van der Waals surface area contributed by atoms with E-state index in [1.165, 1.54) is 12.1 Å². The van der Waals surface area contributed by atoms with E-state index in [1.54, 1.807) is 43.3 Å². The minimum Gasteiger partial charge on any atom is -0.480 e. The number of benzene rings is 2. The number of ether oxygens (including phenoxy) is 2. The molecular weight excluding hydrogens is 403 g/mol. The van der Waals surface area contributed by atoms with Crippen LogP contribution in [-0.2, 0) is 14.3 Å². The lowest BCUT2D eigenvalue weighted by atomic mass is 10.1. The molecule has 0 fully saturated rings. The van der Waals surface area contributed by atoms with Gasteiger partial charge in [0.1, 0.15) is 17.4 Å². The number of hydrogen-bond donors (Lipinski definition) is 1. The molecular formula is C20H16Cl2N2O4. The van der Waals surface area contributed by atoms with E-state index in [9.17, 15) is 14.9 Å². The van der Waals surface area contributed by atoms with E-state index < -0.39 is 11.9 Å². The van der Waals surface area contributed by atoms with E-state index in [0.717, 1.165) is 0 Å². The van der Waals surface area contributed by atoms with E-state index in [1.807, 2.05) is 6.07 Å². The van der Waals surface area contributed by atoms with E-state index in [0.29, 0.717) is 16.3 Å². The van der Waals surface area contributed by atoms with E-state index >= 15 is 0 Å². The molecule has 0 bridgehead atoms. The molecule has 144 valence electrons. The molecule has 0 spiro atoms. The maximum absolute atomic E-state index is 12.3. The molecule has 2 rings (SSSR count). The summed E-state index contributed by atoms with van der Waals surface area (Å²) in [4.78, 5) is 23.6. The van der Waals surface area contributed by atoms with Gasteiger partial charge in [0.15, 0.2) is 6.61 Å².